The second kappa shape index (κ2) is 4.26. The van der Waals surface area contributed by atoms with Gasteiger partial charge in [-0.2, -0.15) is 0 Å². The maximum Gasteiger partial charge on any atom is 0.0930 e. The topological polar surface area (TPSA) is 38.0 Å². The Kier molecular flexibility index (Phi) is 3.96. The van der Waals surface area contributed by atoms with Crippen molar-refractivity contribution >= 4 is 0 Å². The maximum atomic E-state index is 12.3. The molecule has 0 aromatic rings. The smallest absolute Gasteiger partial charge is 0.0930 e. The van der Waals surface area contributed by atoms with E-state index in [4.69, 9.17) is 5.73 Å². The third-order valence-electron chi connectivity index (χ3n) is 1.31. The third kappa shape index (κ3) is 5.92. The van der Waals surface area contributed by atoms with Crippen LogP contribution in [0.15, 0.2) is 24.2 Å². The largest absolute Gasteiger partial charge is 0.371 e. The van der Waals surface area contributed by atoms with E-state index in [2.05, 4.69) is 11.9 Å². The Labute approximate surface area is 73.3 Å². The van der Waals surface area contributed by atoms with E-state index in [-0.39, 0.29) is 5.83 Å². The van der Waals surface area contributed by atoms with Crippen LogP contribution in [0, 0.1) is 0 Å². The molecule has 0 rings (SSSR count). The van der Waals surface area contributed by atoms with Gasteiger partial charge in [0.2, 0.25) is 0 Å². The Hall–Kier alpha value is -0.830. The molecule has 0 saturated heterocycles. The molecular formula is C9H17FN2. The number of allylic oxidation sites excluding steroid dienone is 2. The van der Waals surface area contributed by atoms with Crippen molar-refractivity contribution in [3.63, 3.8) is 0 Å². The van der Waals surface area contributed by atoms with Crippen molar-refractivity contribution in [3.8, 4) is 0 Å². The minimum Gasteiger partial charge on any atom is -0.371 e. The average Bonchev–Trinajstić information content (AvgIpc) is 1.81. The first-order chi connectivity index (χ1) is 5.33. The molecule has 0 saturated carbocycles. The zero-order valence-corrected chi connectivity index (χ0v) is 7.95. The summed E-state index contributed by atoms with van der Waals surface area (Å²) in [4.78, 5) is 0. The van der Waals surface area contributed by atoms with Crippen LogP contribution in [0.5, 0.6) is 0 Å². The SMILES string of the molecule is C=C(C)NC(C)(N)C/C=C(\C)F. The lowest BCUT2D eigenvalue weighted by Gasteiger charge is -2.25. The van der Waals surface area contributed by atoms with Gasteiger partial charge >= 0.3 is 0 Å². The van der Waals surface area contributed by atoms with E-state index in [1.54, 1.807) is 6.92 Å². The molecule has 0 fully saturated rings. The molecule has 0 spiro atoms. The summed E-state index contributed by atoms with van der Waals surface area (Å²) in [6, 6.07) is 0. The second-order valence-corrected chi connectivity index (χ2v) is 3.32. The van der Waals surface area contributed by atoms with E-state index in [1.807, 2.05) is 6.92 Å². The van der Waals surface area contributed by atoms with Crippen molar-refractivity contribution in [3.05, 3.63) is 24.2 Å². The zero-order chi connectivity index (χ0) is 9.78. The molecule has 0 aromatic carbocycles. The van der Waals surface area contributed by atoms with E-state index in [9.17, 15) is 4.39 Å². The highest BCUT2D eigenvalue weighted by Gasteiger charge is 2.15. The molecule has 0 aliphatic rings. The van der Waals surface area contributed by atoms with E-state index >= 15 is 0 Å². The molecule has 70 valence electrons. The molecule has 1 unspecified atom stereocenters. The van der Waals surface area contributed by atoms with Gasteiger partial charge in [-0.1, -0.05) is 6.58 Å². The molecule has 0 aliphatic heterocycles. The van der Waals surface area contributed by atoms with Crippen LogP contribution in [0.4, 0.5) is 4.39 Å². The number of hydrogen-bond donors (Lipinski definition) is 2. The molecule has 3 N–H and O–H groups in total. The summed E-state index contributed by atoms with van der Waals surface area (Å²) in [7, 11) is 0. The van der Waals surface area contributed by atoms with Crippen LogP contribution >= 0.6 is 0 Å². The maximum absolute atomic E-state index is 12.3. The average molecular weight is 172 g/mol. The molecule has 0 aliphatic carbocycles. The molecule has 0 bridgehead atoms. The Balaban J connectivity index is 4.04. The number of rotatable bonds is 4. The zero-order valence-electron chi connectivity index (χ0n) is 7.95. The molecule has 12 heavy (non-hydrogen) atoms. The first-order valence-electron chi connectivity index (χ1n) is 3.88. The van der Waals surface area contributed by atoms with E-state index in [1.165, 1.54) is 13.0 Å². The summed E-state index contributed by atoms with van der Waals surface area (Å²) in [6.07, 6.45) is 1.90. The minimum absolute atomic E-state index is 0.213. The fourth-order valence-corrected chi connectivity index (χ4v) is 0.891. The highest BCUT2D eigenvalue weighted by molar-refractivity contribution is 4.99. The Morgan fingerprint density at radius 2 is 2.17 bits per heavy atom. The monoisotopic (exact) mass is 172 g/mol. The number of nitrogens with two attached hydrogens (primary N) is 1. The molecule has 1 atom stereocenters. The van der Waals surface area contributed by atoms with Crippen LogP contribution < -0.4 is 11.1 Å². The fourth-order valence-electron chi connectivity index (χ4n) is 0.891. The van der Waals surface area contributed by atoms with Crippen LogP contribution in [0.2, 0.25) is 0 Å². The van der Waals surface area contributed by atoms with Crippen LogP contribution in [-0.4, -0.2) is 5.66 Å². The minimum atomic E-state index is -0.612. The first-order valence-corrected chi connectivity index (χ1v) is 3.88. The van der Waals surface area contributed by atoms with Crippen molar-refractivity contribution in [2.45, 2.75) is 32.9 Å². The summed E-state index contributed by atoms with van der Waals surface area (Å²) in [5.41, 5.74) is 5.95. The lowest BCUT2D eigenvalue weighted by molar-refractivity contribution is 0.406. The Bertz CT molecular complexity index is 191. The van der Waals surface area contributed by atoms with Crippen molar-refractivity contribution in [2.75, 3.05) is 0 Å². The van der Waals surface area contributed by atoms with Crippen molar-refractivity contribution in [2.24, 2.45) is 5.73 Å². The van der Waals surface area contributed by atoms with Gasteiger partial charge in [-0.15, -0.1) is 0 Å². The van der Waals surface area contributed by atoms with Gasteiger partial charge in [0, 0.05) is 12.1 Å². The summed E-state index contributed by atoms with van der Waals surface area (Å²) in [5.74, 6) is -0.213. The molecular weight excluding hydrogens is 155 g/mol. The number of halogens is 1. The van der Waals surface area contributed by atoms with Gasteiger partial charge in [0.25, 0.3) is 0 Å². The van der Waals surface area contributed by atoms with E-state index in [0.717, 1.165) is 5.70 Å². The quantitative estimate of drug-likeness (QED) is 0.637. The predicted molar refractivity (Wildman–Crippen MR) is 50.0 cm³/mol. The van der Waals surface area contributed by atoms with Crippen LogP contribution in [0.1, 0.15) is 27.2 Å². The van der Waals surface area contributed by atoms with Gasteiger partial charge < -0.3 is 11.1 Å². The normalized spacial score (nSPS) is 16.9. The third-order valence-corrected chi connectivity index (χ3v) is 1.31. The van der Waals surface area contributed by atoms with Crippen LogP contribution in [0.3, 0.4) is 0 Å². The summed E-state index contributed by atoms with van der Waals surface area (Å²) < 4.78 is 12.3. The van der Waals surface area contributed by atoms with Crippen LogP contribution in [-0.2, 0) is 0 Å². The molecule has 3 heteroatoms. The molecule has 2 nitrogen and oxygen atoms in total. The lowest BCUT2D eigenvalue weighted by atomic mass is 10.1. The van der Waals surface area contributed by atoms with Crippen LogP contribution in [0.25, 0.3) is 0 Å². The van der Waals surface area contributed by atoms with E-state index in [0.29, 0.717) is 6.42 Å². The van der Waals surface area contributed by atoms with Gasteiger partial charge in [-0.3, -0.25) is 0 Å². The van der Waals surface area contributed by atoms with Crippen molar-refractivity contribution in [1.29, 1.82) is 0 Å². The van der Waals surface area contributed by atoms with Gasteiger partial charge in [0.15, 0.2) is 0 Å². The highest BCUT2D eigenvalue weighted by Crippen LogP contribution is 2.07. The molecule has 0 aromatic heterocycles. The number of nitrogens with one attached hydrogen (secondary N) is 1. The summed E-state index contributed by atoms with van der Waals surface area (Å²) in [6.45, 7) is 8.67. The van der Waals surface area contributed by atoms with Gasteiger partial charge in [-0.25, -0.2) is 4.39 Å². The first kappa shape index (κ1) is 11.2. The van der Waals surface area contributed by atoms with Crippen molar-refractivity contribution < 1.29 is 4.39 Å². The van der Waals surface area contributed by atoms with Crippen molar-refractivity contribution in [1.82, 2.24) is 5.32 Å². The van der Waals surface area contributed by atoms with E-state index < -0.39 is 5.66 Å². The van der Waals surface area contributed by atoms with Gasteiger partial charge in [-0.05, 0) is 26.8 Å². The lowest BCUT2D eigenvalue weighted by Crippen LogP contribution is -2.49. The number of hydrogen-bond acceptors (Lipinski definition) is 2. The predicted octanol–water partition coefficient (Wildman–Crippen LogP) is 2.05. The van der Waals surface area contributed by atoms with Gasteiger partial charge in [0.1, 0.15) is 0 Å². The Morgan fingerprint density at radius 1 is 1.67 bits per heavy atom. The summed E-state index contributed by atoms with van der Waals surface area (Å²) in [5, 5.41) is 2.95. The second-order valence-electron chi connectivity index (χ2n) is 3.32. The molecule has 0 heterocycles. The Morgan fingerprint density at radius 3 is 2.50 bits per heavy atom. The highest BCUT2D eigenvalue weighted by atomic mass is 19.1. The summed E-state index contributed by atoms with van der Waals surface area (Å²) >= 11 is 0. The fraction of sp³-hybridized carbons (Fsp3) is 0.556. The van der Waals surface area contributed by atoms with Gasteiger partial charge in [0.05, 0.1) is 11.5 Å². The molecule has 0 amide bonds. The standard InChI is InChI=1S/C9H17FN2/c1-7(2)12-9(4,11)6-5-8(3)10/h5,12H,1,6,11H2,2-4H3/b8-5+. The molecule has 0 radical (unpaired) electrons.